The molecule has 2 nitrogen and oxygen atoms in total. The van der Waals surface area contributed by atoms with Crippen LogP contribution in [0.2, 0.25) is 0 Å². The van der Waals surface area contributed by atoms with E-state index in [1.807, 2.05) is 30.3 Å². The Balaban J connectivity index is 2.55. The van der Waals surface area contributed by atoms with E-state index in [0.717, 1.165) is 5.56 Å². The molecule has 0 aliphatic rings. The van der Waals surface area contributed by atoms with E-state index >= 15 is 0 Å². The first-order valence-corrected chi connectivity index (χ1v) is 5.32. The van der Waals surface area contributed by atoms with Gasteiger partial charge in [0.2, 0.25) is 0 Å². The number of carbonyl (C=O) groups excluding carboxylic acids is 1. The summed E-state index contributed by atoms with van der Waals surface area (Å²) in [6, 6.07) is 9.44. The van der Waals surface area contributed by atoms with Gasteiger partial charge in [-0.15, -0.1) is 0 Å². The van der Waals surface area contributed by atoms with E-state index in [9.17, 15) is 13.6 Å². The highest BCUT2D eigenvalue weighted by Gasteiger charge is 2.11. The lowest BCUT2D eigenvalue weighted by atomic mass is 10.1. The number of halogens is 2. The summed E-state index contributed by atoms with van der Waals surface area (Å²) in [5.41, 5.74) is 1.03. The van der Waals surface area contributed by atoms with Gasteiger partial charge in [-0.1, -0.05) is 30.3 Å². The van der Waals surface area contributed by atoms with Crippen LogP contribution in [-0.4, -0.2) is 12.1 Å². The van der Waals surface area contributed by atoms with E-state index in [4.69, 9.17) is 4.74 Å². The van der Waals surface area contributed by atoms with E-state index in [0.29, 0.717) is 18.9 Å². The van der Waals surface area contributed by atoms with Crippen LogP contribution in [0.1, 0.15) is 18.9 Å². The average Bonchev–Trinajstić information content (AvgIpc) is 2.26. The van der Waals surface area contributed by atoms with Crippen LogP contribution in [0.15, 0.2) is 42.5 Å². The number of esters is 1. The van der Waals surface area contributed by atoms with E-state index < -0.39 is 18.2 Å². The molecule has 0 aliphatic heterocycles. The lowest BCUT2D eigenvalue weighted by molar-refractivity contribution is -0.144. The first kappa shape index (κ1) is 13.4. The molecule has 0 bridgehead atoms. The molecule has 0 N–H and O–H groups in total. The standard InChI is InChI=1S/C13H14F2O2/c1-10(16)17-12(9-13(14)15)8-7-11-5-3-2-4-6-11/h2-6,9,12H,7-8H2,1H3. The second kappa shape index (κ2) is 6.78. The monoisotopic (exact) mass is 240 g/mol. The summed E-state index contributed by atoms with van der Waals surface area (Å²) in [7, 11) is 0. The van der Waals surface area contributed by atoms with Gasteiger partial charge < -0.3 is 4.74 Å². The van der Waals surface area contributed by atoms with Crippen molar-refractivity contribution in [2.75, 3.05) is 0 Å². The molecule has 1 aromatic rings. The van der Waals surface area contributed by atoms with Gasteiger partial charge in [0.1, 0.15) is 6.10 Å². The van der Waals surface area contributed by atoms with Crippen molar-refractivity contribution >= 4 is 5.97 Å². The molecule has 0 heterocycles. The Bertz CT molecular complexity index is 384. The highest BCUT2D eigenvalue weighted by molar-refractivity contribution is 5.66. The molecule has 1 atom stereocenters. The number of carbonyl (C=O) groups is 1. The van der Waals surface area contributed by atoms with Crippen molar-refractivity contribution in [3.8, 4) is 0 Å². The number of rotatable bonds is 5. The van der Waals surface area contributed by atoms with Gasteiger partial charge in [0.05, 0.1) is 0 Å². The molecule has 0 saturated carbocycles. The Morgan fingerprint density at radius 3 is 2.53 bits per heavy atom. The minimum absolute atomic E-state index is 0.348. The summed E-state index contributed by atoms with van der Waals surface area (Å²) in [6.07, 6.45) is -1.09. The van der Waals surface area contributed by atoms with Gasteiger partial charge in [0.15, 0.2) is 0 Å². The largest absolute Gasteiger partial charge is 0.458 e. The molecule has 1 rings (SSSR count). The van der Waals surface area contributed by atoms with Crippen LogP contribution in [0.25, 0.3) is 0 Å². The SMILES string of the molecule is CC(=O)OC(C=C(F)F)CCc1ccccc1. The van der Waals surface area contributed by atoms with Crippen molar-refractivity contribution < 1.29 is 18.3 Å². The van der Waals surface area contributed by atoms with E-state index in [2.05, 4.69) is 0 Å². The molecule has 0 saturated heterocycles. The number of aryl methyl sites for hydroxylation is 1. The number of benzene rings is 1. The van der Waals surface area contributed by atoms with Gasteiger partial charge in [-0.3, -0.25) is 4.79 Å². The highest BCUT2D eigenvalue weighted by atomic mass is 19.3. The van der Waals surface area contributed by atoms with Gasteiger partial charge in [-0.25, -0.2) is 0 Å². The quantitative estimate of drug-likeness (QED) is 0.738. The minimum atomic E-state index is -1.83. The van der Waals surface area contributed by atoms with Crippen molar-refractivity contribution in [2.24, 2.45) is 0 Å². The number of ether oxygens (including phenoxy) is 1. The fourth-order valence-corrected chi connectivity index (χ4v) is 1.48. The van der Waals surface area contributed by atoms with Gasteiger partial charge in [0.25, 0.3) is 6.08 Å². The third-order valence-corrected chi connectivity index (χ3v) is 2.19. The topological polar surface area (TPSA) is 26.3 Å². The second-order valence-electron chi connectivity index (χ2n) is 3.63. The molecule has 0 aromatic heterocycles. The maximum absolute atomic E-state index is 12.1. The summed E-state index contributed by atoms with van der Waals surface area (Å²) in [6.45, 7) is 1.21. The Labute approximate surface area is 98.9 Å². The van der Waals surface area contributed by atoms with Crippen LogP contribution in [0, 0.1) is 0 Å². The summed E-state index contributed by atoms with van der Waals surface area (Å²) in [4.78, 5) is 10.8. The van der Waals surface area contributed by atoms with Crippen molar-refractivity contribution in [2.45, 2.75) is 25.9 Å². The van der Waals surface area contributed by atoms with Crippen LogP contribution in [0.5, 0.6) is 0 Å². The smallest absolute Gasteiger partial charge is 0.303 e. The maximum Gasteiger partial charge on any atom is 0.303 e. The fraction of sp³-hybridized carbons (Fsp3) is 0.308. The molecular formula is C13H14F2O2. The Hall–Kier alpha value is -1.71. The van der Waals surface area contributed by atoms with Crippen LogP contribution in [0.3, 0.4) is 0 Å². The van der Waals surface area contributed by atoms with E-state index in [1.54, 1.807) is 0 Å². The van der Waals surface area contributed by atoms with Crippen molar-refractivity contribution in [1.29, 1.82) is 0 Å². The number of hydrogen-bond donors (Lipinski definition) is 0. The molecule has 1 aromatic carbocycles. The van der Waals surface area contributed by atoms with Gasteiger partial charge in [0, 0.05) is 13.0 Å². The van der Waals surface area contributed by atoms with E-state index in [1.165, 1.54) is 6.92 Å². The molecule has 4 heteroatoms. The lowest BCUT2D eigenvalue weighted by Crippen LogP contribution is -2.15. The predicted octanol–water partition coefficient (Wildman–Crippen LogP) is 3.33. The average molecular weight is 240 g/mol. The van der Waals surface area contributed by atoms with Crippen molar-refractivity contribution in [3.63, 3.8) is 0 Å². The fourth-order valence-electron chi connectivity index (χ4n) is 1.48. The van der Waals surface area contributed by atoms with Crippen LogP contribution in [-0.2, 0) is 16.0 Å². The maximum atomic E-state index is 12.1. The molecule has 0 radical (unpaired) electrons. The zero-order chi connectivity index (χ0) is 12.7. The Morgan fingerprint density at radius 2 is 2.00 bits per heavy atom. The summed E-state index contributed by atoms with van der Waals surface area (Å²) >= 11 is 0. The van der Waals surface area contributed by atoms with Crippen LogP contribution >= 0.6 is 0 Å². The van der Waals surface area contributed by atoms with Crippen molar-refractivity contribution in [1.82, 2.24) is 0 Å². The van der Waals surface area contributed by atoms with Crippen molar-refractivity contribution in [3.05, 3.63) is 48.1 Å². The molecule has 17 heavy (non-hydrogen) atoms. The zero-order valence-electron chi connectivity index (χ0n) is 9.53. The second-order valence-corrected chi connectivity index (χ2v) is 3.63. The van der Waals surface area contributed by atoms with Crippen LogP contribution < -0.4 is 0 Å². The molecule has 0 aliphatic carbocycles. The lowest BCUT2D eigenvalue weighted by Gasteiger charge is -2.12. The molecule has 0 spiro atoms. The normalized spacial score (nSPS) is 11.7. The summed E-state index contributed by atoms with van der Waals surface area (Å²) in [5, 5.41) is 0. The first-order chi connectivity index (χ1) is 8.08. The number of hydrogen-bond acceptors (Lipinski definition) is 2. The Morgan fingerprint density at radius 1 is 1.35 bits per heavy atom. The zero-order valence-corrected chi connectivity index (χ0v) is 9.53. The predicted molar refractivity (Wildman–Crippen MR) is 60.6 cm³/mol. The molecular weight excluding hydrogens is 226 g/mol. The van der Waals surface area contributed by atoms with Gasteiger partial charge in [-0.2, -0.15) is 8.78 Å². The first-order valence-electron chi connectivity index (χ1n) is 5.32. The summed E-state index contributed by atoms with van der Waals surface area (Å²) < 4.78 is 29.0. The molecule has 0 amide bonds. The highest BCUT2D eigenvalue weighted by Crippen LogP contribution is 2.11. The third kappa shape index (κ3) is 5.80. The third-order valence-electron chi connectivity index (χ3n) is 2.19. The molecule has 0 fully saturated rings. The molecule has 1 unspecified atom stereocenters. The van der Waals surface area contributed by atoms with Gasteiger partial charge >= 0.3 is 5.97 Å². The molecule has 92 valence electrons. The minimum Gasteiger partial charge on any atom is -0.458 e. The van der Waals surface area contributed by atoms with Crippen LogP contribution in [0.4, 0.5) is 8.78 Å². The summed E-state index contributed by atoms with van der Waals surface area (Å²) in [5.74, 6) is -0.555. The van der Waals surface area contributed by atoms with E-state index in [-0.39, 0.29) is 0 Å². The van der Waals surface area contributed by atoms with Gasteiger partial charge in [-0.05, 0) is 18.4 Å². The Kier molecular flexibility index (Phi) is 5.33.